The van der Waals surface area contributed by atoms with Crippen molar-refractivity contribution in [3.63, 3.8) is 0 Å². The maximum Gasteiger partial charge on any atom is 0.0449 e. The van der Waals surface area contributed by atoms with Crippen LogP contribution in [0.1, 0.15) is 37.7 Å². The van der Waals surface area contributed by atoms with Crippen LogP contribution in [0.5, 0.6) is 0 Å². The van der Waals surface area contributed by atoms with E-state index in [2.05, 4.69) is 46.4 Å². The standard InChI is InChI=1S/C16H25BrClN3/c1-21(2)16(8-4-3-5-9-16)15(20-19)10-12-6-7-13(17)11-14(12)18/h6-7,11,15,20H,3-5,8-10,19H2,1-2H3. The molecule has 1 atom stereocenters. The van der Waals surface area contributed by atoms with E-state index in [0.717, 1.165) is 21.5 Å². The van der Waals surface area contributed by atoms with Crippen LogP contribution in [0, 0.1) is 0 Å². The molecule has 0 spiro atoms. The quantitative estimate of drug-likeness (QED) is 0.609. The van der Waals surface area contributed by atoms with Crippen LogP contribution in [0.25, 0.3) is 0 Å². The van der Waals surface area contributed by atoms with E-state index in [1.807, 2.05) is 12.1 Å². The average molecular weight is 375 g/mol. The van der Waals surface area contributed by atoms with Gasteiger partial charge < -0.3 is 4.90 Å². The van der Waals surface area contributed by atoms with E-state index in [1.165, 1.54) is 32.1 Å². The summed E-state index contributed by atoms with van der Waals surface area (Å²) >= 11 is 9.84. The first-order valence-electron chi connectivity index (χ1n) is 7.57. The predicted molar refractivity (Wildman–Crippen MR) is 93.5 cm³/mol. The lowest BCUT2D eigenvalue weighted by Gasteiger charge is -2.48. The van der Waals surface area contributed by atoms with E-state index in [9.17, 15) is 0 Å². The Labute approximate surface area is 141 Å². The molecule has 3 nitrogen and oxygen atoms in total. The van der Waals surface area contributed by atoms with Gasteiger partial charge in [-0.2, -0.15) is 0 Å². The Kier molecular flexibility index (Phi) is 6.09. The summed E-state index contributed by atoms with van der Waals surface area (Å²) in [6.07, 6.45) is 7.08. The summed E-state index contributed by atoms with van der Waals surface area (Å²) in [6, 6.07) is 6.28. The van der Waals surface area contributed by atoms with Gasteiger partial charge >= 0.3 is 0 Å². The topological polar surface area (TPSA) is 41.3 Å². The third kappa shape index (κ3) is 3.80. The fourth-order valence-electron chi connectivity index (χ4n) is 3.58. The summed E-state index contributed by atoms with van der Waals surface area (Å²) in [5.74, 6) is 5.93. The lowest BCUT2D eigenvalue weighted by molar-refractivity contribution is 0.0569. The van der Waals surface area contributed by atoms with E-state index in [4.69, 9.17) is 17.4 Å². The highest BCUT2D eigenvalue weighted by Crippen LogP contribution is 2.37. The monoisotopic (exact) mass is 373 g/mol. The van der Waals surface area contributed by atoms with Gasteiger partial charge in [0.05, 0.1) is 0 Å². The minimum Gasteiger partial charge on any atom is -0.302 e. The van der Waals surface area contributed by atoms with Gasteiger partial charge in [0.1, 0.15) is 0 Å². The van der Waals surface area contributed by atoms with Gasteiger partial charge in [-0.1, -0.05) is 52.9 Å². The zero-order valence-corrected chi connectivity index (χ0v) is 15.2. The smallest absolute Gasteiger partial charge is 0.0449 e. The van der Waals surface area contributed by atoms with Crippen LogP contribution in [-0.2, 0) is 6.42 Å². The van der Waals surface area contributed by atoms with Gasteiger partial charge in [-0.3, -0.25) is 11.3 Å². The third-order valence-electron chi connectivity index (χ3n) is 4.90. The van der Waals surface area contributed by atoms with E-state index < -0.39 is 0 Å². The molecule has 3 N–H and O–H groups in total. The molecule has 21 heavy (non-hydrogen) atoms. The van der Waals surface area contributed by atoms with Crippen molar-refractivity contribution in [2.24, 2.45) is 5.84 Å². The molecular formula is C16H25BrClN3. The normalized spacial score (nSPS) is 19.7. The highest BCUT2D eigenvalue weighted by atomic mass is 79.9. The Morgan fingerprint density at radius 2 is 2.00 bits per heavy atom. The Morgan fingerprint density at radius 3 is 2.52 bits per heavy atom. The highest BCUT2D eigenvalue weighted by Gasteiger charge is 2.41. The molecule has 5 heteroatoms. The number of rotatable bonds is 5. The number of hydrogen-bond acceptors (Lipinski definition) is 3. The van der Waals surface area contributed by atoms with Crippen molar-refractivity contribution in [2.45, 2.75) is 50.1 Å². The number of nitrogens with two attached hydrogens (primary N) is 1. The Bertz CT molecular complexity index is 473. The molecule has 118 valence electrons. The van der Waals surface area contributed by atoms with Crippen LogP contribution in [0.15, 0.2) is 22.7 Å². The van der Waals surface area contributed by atoms with E-state index in [1.54, 1.807) is 0 Å². The molecule has 1 unspecified atom stereocenters. The van der Waals surface area contributed by atoms with E-state index in [0.29, 0.717) is 0 Å². The van der Waals surface area contributed by atoms with Crippen molar-refractivity contribution >= 4 is 27.5 Å². The largest absolute Gasteiger partial charge is 0.302 e. The van der Waals surface area contributed by atoms with Crippen molar-refractivity contribution in [3.8, 4) is 0 Å². The molecular weight excluding hydrogens is 350 g/mol. The van der Waals surface area contributed by atoms with Crippen molar-refractivity contribution in [3.05, 3.63) is 33.3 Å². The molecule has 1 fully saturated rings. The summed E-state index contributed by atoms with van der Waals surface area (Å²) in [6.45, 7) is 0. The summed E-state index contributed by atoms with van der Waals surface area (Å²) in [7, 11) is 4.33. The molecule has 1 aromatic carbocycles. The molecule has 0 radical (unpaired) electrons. The Morgan fingerprint density at radius 1 is 1.33 bits per heavy atom. The zero-order valence-electron chi connectivity index (χ0n) is 12.8. The van der Waals surface area contributed by atoms with Gasteiger partial charge in [0.2, 0.25) is 0 Å². The van der Waals surface area contributed by atoms with E-state index in [-0.39, 0.29) is 11.6 Å². The van der Waals surface area contributed by atoms with Crippen LogP contribution in [-0.4, -0.2) is 30.6 Å². The number of hydrogen-bond donors (Lipinski definition) is 2. The second kappa shape index (κ2) is 7.42. The van der Waals surface area contributed by atoms with Gasteiger partial charge in [0.15, 0.2) is 0 Å². The molecule has 1 aliphatic rings. The first-order chi connectivity index (χ1) is 9.99. The predicted octanol–water partition coefficient (Wildman–Crippen LogP) is 3.74. The number of likely N-dealkylation sites (N-methyl/N-ethyl adjacent to an activating group) is 1. The van der Waals surface area contributed by atoms with Crippen LogP contribution < -0.4 is 11.3 Å². The summed E-state index contributed by atoms with van der Waals surface area (Å²) in [4.78, 5) is 2.35. The molecule has 2 rings (SSSR count). The molecule has 0 bridgehead atoms. The molecule has 0 saturated heterocycles. The van der Waals surface area contributed by atoms with Crippen molar-refractivity contribution in [2.75, 3.05) is 14.1 Å². The van der Waals surface area contributed by atoms with Crippen LogP contribution in [0.4, 0.5) is 0 Å². The minimum atomic E-state index is 0.114. The summed E-state index contributed by atoms with van der Waals surface area (Å²) < 4.78 is 1.01. The van der Waals surface area contributed by atoms with Crippen molar-refractivity contribution in [1.82, 2.24) is 10.3 Å². The van der Waals surface area contributed by atoms with Crippen LogP contribution in [0.3, 0.4) is 0 Å². The molecule has 0 aliphatic heterocycles. The molecule has 0 heterocycles. The number of benzene rings is 1. The summed E-state index contributed by atoms with van der Waals surface area (Å²) in [5, 5.41) is 0.800. The van der Waals surface area contributed by atoms with Crippen molar-refractivity contribution < 1.29 is 0 Å². The average Bonchev–Trinajstić information content (AvgIpc) is 2.47. The third-order valence-corrected chi connectivity index (χ3v) is 5.74. The molecule has 0 amide bonds. The summed E-state index contributed by atoms with van der Waals surface area (Å²) in [5.41, 5.74) is 4.33. The highest BCUT2D eigenvalue weighted by molar-refractivity contribution is 9.10. The Hall–Kier alpha value is -0.130. The van der Waals surface area contributed by atoms with Crippen LogP contribution >= 0.6 is 27.5 Å². The van der Waals surface area contributed by atoms with Gasteiger partial charge in [0, 0.05) is 21.1 Å². The van der Waals surface area contributed by atoms with E-state index >= 15 is 0 Å². The molecule has 1 aromatic rings. The first kappa shape index (κ1) is 17.2. The minimum absolute atomic E-state index is 0.114. The second-order valence-electron chi connectivity index (χ2n) is 6.22. The molecule has 1 saturated carbocycles. The lowest BCUT2D eigenvalue weighted by atomic mass is 9.73. The number of nitrogens with zero attached hydrogens (tertiary/aromatic N) is 1. The van der Waals surface area contributed by atoms with Gasteiger partial charge in [-0.15, -0.1) is 0 Å². The SMILES string of the molecule is CN(C)C1(C(Cc2ccc(Br)cc2Cl)NN)CCCCC1. The number of nitrogens with one attached hydrogen (secondary N) is 1. The van der Waals surface area contributed by atoms with Crippen LogP contribution in [0.2, 0.25) is 5.02 Å². The molecule has 1 aliphatic carbocycles. The second-order valence-corrected chi connectivity index (χ2v) is 7.54. The van der Waals surface area contributed by atoms with Gasteiger partial charge in [-0.25, -0.2) is 0 Å². The van der Waals surface area contributed by atoms with Gasteiger partial charge in [0.25, 0.3) is 0 Å². The first-order valence-corrected chi connectivity index (χ1v) is 8.74. The number of hydrazine groups is 1. The number of halogens is 2. The lowest BCUT2D eigenvalue weighted by Crippen LogP contribution is -2.62. The fourth-order valence-corrected chi connectivity index (χ4v) is 4.33. The molecule has 0 aromatic heterocycles. The van der Waals surface area contributed by atoms with Crippen molar-refractivity contribution in [1.29, 1.82) is 0 Å². The zero-order chi connectivity index (χ0) is 15.5. The maximum atomic E-state index is 6.38. The maximum absolute atomic E-state index is 6.38. The Balaban J connectivity index is 2.24. The fraction of sp³-hybridized carbons (Fsp3) is 0.625. The van der Waals surface area contributed by atoms with Gasteiger partial charge in [-0.05, 0) is 51.1 Å².